The van der Waals surface area contributed by atoms with Crippen molar-refractivity contribution in [2.45, 2.75) is 19.3 Å². The average Bonchev–Trinajstić information content (AvgIpc) is 2.61. The molecule has 142 valence electrons. The van der Waals surface area contributed by atoms with Gasteiger partial charge in [0.25, 0.3) is 0 Å². The van der Waals surface area contributed by atoms with Gasteiger partial charge in [0.2, 0.25) is 5.88 Å². The minimum Gasteiger partial charge on any atom is -0.468 e. The number of hydrogen-bond acceptors (Lipinski definition) is 3. The van der Waals surface area contributed by atoms with Gasteiger partial charge in [-0.05, 0) is 11.6 Å². The van der Waals surface area contributed by atoms with E-state index in [1.54, 1.807) is 19.2 Å². The van der Waals surface area contributed by atoms with Crippen LogP contribution in [0.1, 0.15) is 11.1 Å². The van der Waals surface area contributed by atoms with Crippen molar-refractivity contribution >= 4 is 29.9 Å². The standard InChI is InChI=1S/C17H19F3N4O.HI/c1-21-16(23-10-13-6-3-2-4-7-13)24-11-14-8-5-9-22-15(14)25-12-17(18,19)20;/h2-9H,10-12H2,1H3,(H2,21,23,24);1H. The summed E-state index contributed by atoms with van der Waals surface area (Å²) in [6.45, 7) is -0.571. The van der Waals surface area contributed by atoms with Gasteiger partial charge < -0.3 is 15.4 Å². The summed E-state index contributed by atoms with van der Waals surface area (Å²) in [4.78, 5) is 7.94. The fraction of sp³-hybridized carbons (Fsp3) is 0.294. The molecule has 26 heavy (non-hydrogen) atoms. The molecule has 0 aliphatic heterocycles. The van der Waals surface area contributed by atoms with Crippen molar-refractivity contribution in [1.29, 1.82) is 0 Å². The highest BCUT2D eigenvalue weighted by atomic mass is 127. The molecule has 0 spiro atoms. The summed E-state index contributed by atoms with van der Waals surface area (Å²) in [6.07, 6.45) is -3.02. The average molecular weight is 480 g/mol. The van der Waals surface area contributed by atoms with Crippen LogP contribution in [-0.4, -0.2) is 30.8 Å². The summed E-state index contributed by atoms with van der Waals surface area (Å²) < 4.78 is 41.7. The molecule has 0 atom stereocenters. The molecular weight excluding hydrogens is 460 g/mol. The van der Waals surface area contributed by atoms with Crippen molar-refractivity contribution in [3.05, 3.63) is 59.8 Å². The molecule has 2 N–H and O–H groups in total. The van der Waals surface area contributed by atoms with E-state index in [1.165, 1.54) is 6.20 Å². The first-order chi connectivity index (χ1) is 12.0. The third-order valence-corrected chi connectivity index (χ3v) is 3.20. The maximum absolute atomic E-state index is 12.3. The second-order valence-electron chi connectivity index (χ2n) is 5.14. The normalized spacial score (nSPS) is 11.5. The van der Waals surface area contributed by atoms with Crippen LogP contribution in [0.2, 0.25) is 0 Å². The summed E-state index contributed by atoms with van der Waals surface area (Å²) in [5.41, 5.74) is 1.59. The van der Waals surface area contributed by atoms with Crippen molar-refractivity contribution in [2.75, 3.05) is 13.7 Å². The number of aromatic nitrogens is 1. The Morgan fingerprint density at radius 1 is 1.08 bits per heavy atom. The van der Waals surface area contributed by atoms with E-state index in [-0.39, 0.29) is 36.4 Å². The van der Waals surface area contributed by atoms with Gasteiger partial charge >= 0.3 is 6.18 Å². The predicted molar refractivity (Wildman–Crippen MR) is 105 cm³/mol. The third-order valence-electron chi connectivity index (χ3n) is 3.20. The highest BCUT2D eigenvalue weighted by Gasteiger charge is 2.29. The number of nitrogens with one attached hydrogen (secondary N) is 2. The van der Waals surface area contributed by atoms with Crippen LogP contribution >= 0.6 is 24.0 Å². The SMILES string of the molecule is CN=C(NCc1ccccc1)NCc1cccnc1OCC(F)(F)F.I. The fourth-order valence-electron chi connectivity index (χ4n) is 2.02. The maximum atomic E-state index is 12.3. The Labute approximate surface area is 167 Å². The van der Waals surface area contributed by atoms with Gasteiger partial charge in [0, 0.05) is 31.9 Å². The van der Waals surface area contributed by atoms with E-state index in [1.807, 2.05) is 30.3 Å². The zero-order chi connectivity index (χ0) is 18.1. The van der Waals surface area contributed by atoms with Crippen LogP contribution in [0, 0.1) is 0 Å². The van der Waals surface area contributed by atoms with E-state index >= 15 is 0 Å². The molecule has 0 aliphatic rings. The number of guanidine groups is 1. The number of nitrogens with zero attached hydrogens (tertiary/aromatic N) is 2. The first-order valence-corrected chi connectivity index (χ1v) is 7.60. The molecule has 0 saturated heterocycles. The van der Waals surface area contributed by atoms with Crippen LogP contribution in [0.5, 0.6) is 5.88 Å². The lowest BCUT2D eigenvalue weighted by molar-refractivity contribution is -0.154. The number of ether oxygens (including phenoxy) is 1. The first kappa shape index (κ1) is 22.0. The summed E-state index contributed by atoms with van der Waals surface area (Å²) in [5, 5.41) is 6.16. The van der Waals surface area contributed by atoms with E-state index in [0.29, 0.717) is 18.1 Å². The quantitative estimate of drug-likeness (QED) is 0.378. The molecule has 0 aliphatic carbocycles. The van der Waals surface area contributed by atoms with E-state index in [2.05, 4.69) is 20.6 Å². The Balaban J connectivity index is 0.00000338. The van der Waals surface area contributed by atoms with Gasteiger partial charge in [0.1, 0.15) is 0 Å². The van der Waals surface area contributed by atoms with Crippen molar-refractivity contribution < 1.29 is 17.9 Å². The van der Waals surface area contributed by atoms with E-state index in [4.69, 9.17) is 4.74 Å². The lowest BCUT2D eigenvalue weighted by Crippen LogP contribution is -2.36. The number of benzene rings is 1. The topological polar surface area (TPSA) is 58.5 Å². The summed E-state index contributed by atoms with van der Waals surface area (Å²) in [7, 11) is 1.62. The minimum atomic E-state index is -4.41. The van der Waals surface area contributed by atoms with Crippen molar-refractivity contribution in [3.63, 3.8) is 0 Å². The van der Waals surface area contributed by atoms with Crippen molar-refractivity contribution in [3.8, 4) is 5.88 Å². The first-order valence-electron chi connectivity index (χ1n) is 7.60. The molecule has 0 bridgehead atoms. The lowest BCUT2D eigenvalue weighted by Gasteiger charge is -2.14. The summed E-state index contributed by atoms with van der Waals surface area (Å²) in [5.74, 6) is 0.473. The van der Waals surface area contributed by atoms with E-state index in [9.17, 15) is 13.2 Å². The van der Waals surface area contributed by atoms with Gasteiger partial charge in [-0.1, -0.05) is 36.4 Å². The second kappa shape index (κ2) is 10.8. The van der Waals surface area contributed by atoms with Crippen molar-refractivity contribution in [1.82, 2.24) is 15.6 Å². The van der Waals surface area contributed by atoms with Gasteiger partial charge in [0.15, 0.2) is 12.6 Å². The smallest absolute Gasteiger partial charge is 0.422 e. The van der Waals surface area contributed by atoms with Crippen LogP contribution in [-0.2, 0) is 13.1 Å². The van der Waals surface area contributed by atoms with Gasteiger partial charge in [-0.25, -0.2) is 4.98 Å². The Hall–Kier alpha value is -2.04. The largest absolute Gasteiger partial charge is 0.468 e. The monoisotopic (exact) mass is 480 g/mol. The molecule has 9 heteroatoms. The molecule has 0 fully saturated rings. The highest BCUT2D eigenvalue weighted by Crippen LogP contribution is 2.19. The number of hydrogen-bond donors (Lipinski definition) is 2. The van der Waals surface area contributed by atoms with E-state index in [0.717, 1.165) is 5.56 Å². The zero-order valence-corrected chi connectivity index (χ0v) is 16.4. The van der Waals surface area contributed by atoms with Gasteiger partial charge in [-0.3, -0.25) is 4.99 Å². The highest BCUT2D eigenvalue weighted by molar-refractivity contribution is 14.0. The molecule has 2 aromatic rings. The summed E-state index contributed by atoms with van der Waals surface area (Å²) >= 11 is 0. The van der Waals surface area contributed by atoms with Gasteiger partial charge in [-0.2, -0.15) is 13.2 Å². The molecule has 0 unspecified atom stereocenters. The maximum Gasteiger partial charge on any atom is 0.422 e. The molecule has 2 rings (SSSR count). The Morgan fingerprint density at radius 2 is 1.77 bits per heavy atom. The predicted octanol–water partition coefficient (Wildman–Crippen LogP) is 3.51. The Kier molecular flexibility index (Phi) is 9.17. The molecule has 0 saturated carbocycles. The number of rotatable bonds is 6. The van der Waals surface area contributed by atoms with Gasteiger partial charge in [0.05, 0.1) is 0 Å². The molecule has 1 aromatic heterocycles. The van der Waals surface area contributed by atoms with Crippen LogP contribution in [0.4, 0.5) is 13.2 Å². The second-order valence-corrected chi connectivity index (χ2v) is 5.14. The van der Waals surface area contributed by atoms with Gasteiger partial charge in [-0.15, -0.1) is 24.0 Å². The van der Waals surface area contributed by atoms with Crippen LogP contribution in [0.3, 0.4) is 0 Å². The zero-order valence-electron chi connectivity index (χ0n) is 14.1. The number of aliphatic imine (C=N–C) groups is 1. The number of pyridine rings is 1. The van der Waals surface area contributed by atoms with Crippen LogP contribution in [0.25, 0.3) is 0 Å². The Bertz CT molecular complexity index is 696. The molecule has 0 amide bonds. The molecular formula is C17H20F3IN4O. The van der Waals surface area contributed by atoms with Crippen molar-refractivity contribution in [2.24, 2.45) is 4.99 Å². The molecule has 0 radical (unpaired) electrons. The Morgan fingerprint density at radius 3 is 2.42 bits per heavy atom. The summed E-state index contributed by atoms with van der Waals surface area (Å²) in [6, 6.07) is 13.0. The number of halogens is 4. The van der Waals surface area contributed by atoms with Crippen LogP contribution < -0.4 is 15.4 Å². The molecule has 5 nitrogen and oxygen atoms in total. The van der Waals surface area contributed by atoms with E-state index < -0.39 is 12.8 Å². The third kappa shape index (κ3) is 7.89. The lowest BCUT2D eigenvalue weighted by atomic mass is 10.2. The van der Waals surface area contributed by atoms with Crippen LogP contribution in [0.15, 0.2) is 53.7 Å². The fourth-order valence-corrected chi connectivity index (χ4v) is 2.02. The minimum absolute atomic E-state index is 0. The molecule has 1 aromatic carbocycles. The number of alkyl halides is 3. The molecule has 1 heterocycles.